The van der Waals surface area contributed by atoms with Gasteiger partial charge in [0.25, 0.3) is 5.91 Å². The second kappa shape index (κ2) is 5.82. The molecule has 2 amide bonds. The van der Waals surface area contributed by atoms with E-state index in [2.05, 4.69) is 0 Å². The van der Waals surface area contributed by atoms with Gasteiger partial charge in [0, 0.05) is 44.2 Å². The number of amides is 2. The summed E-state index contributed by atoms with van der Waals surface area (Å²) < 4.78 is 5.51. The van der Waals surface area contributed by atoms with Crippen LogP contribution in [-0.2, 0) is 17.8 Å². The highest BCUT2D eigenvalue weighted by atomic mass is 16.3. The van der Waals surface area contributed by atoms with E-state index in [0.717, 1.165) is 36.3 Å². The van der Waals surface area contributed by atoms with Crippen molar-refractivity contribution in [2.75, 3.05) is 20.1 Å². The first kappa shape index (κ1) is 15.0. The van der Waals surface area contributed by atoms with E-state index in [1.54, 1.807) is 18.2 Å². The van der Waals surface area contributed by atoms with Crippen LogP contribution < -0.4 is 0 Å². The molecule has 0 radical (unpaired) electrons. The van der Waals surface area contributed by atoms with Gasteiger partial charge in [-0.15, -0.1) is 0 Å². The number of carbonyl (C=O) groups excluding carboxylic acids is 2. The van der Waals surface area contributed by atoms with Gasteiger partial charge in [0.05, 0.1) is 12.2 Å². The minimum Gasteiger partial charge on any atom is -0.469 e. The van der Waals surface area contributed by atoms with Crippen molar-refractivity contribution in [1.82, 2.24) is 9.80 Å². The fraction of sp³-hybridized carbons (Fsp3) is 0.368. The summed E-state index contributed by atoms with van der Waals surface area (Å²) in [5, 5.41) is 0. The second-order valence-corrected chi connectivity index (χ2v) is 6.56. The van der Waals surface area contributed by atoms with Gasteiger partial charge >= 0.3 is 0 Å². The first-order chi connectivity index (χ1) is 11.6. The molecule has 1 atom stereocenters. The van der Waals surface area contributed by atoms with E-state index in [9.17, 15) is 9.59 Å². The molecule has 0 fully saturated rings. The minimum absolute atomic E-state index is 0.0114. The van der Waals surface area contributed by atoms with Crippen LogP contribution in [0.1, 0.15) is 39.6 Å². The van der Waals surface area contributed by atoms with E-state index in [4.69, 9.17) is 4.42 Å². The molecule has 0 saturated heterocycles. The van der Waals surface area contributed by atoms with Gasteiger partial charge in [0.2, 0.25) is 5.91 Å². The molecule has 24 heavy (non-hydrogen) atoms. The Hall–Kier alpha value is -2.56. The summed E-state index contributed by atoms with van der Waals surface area (Å²) in [4.78, 5) is 29.1. The number of likely N-dealkylation sites (N-methyl/N-ethyl adjacent to an activating group) is 1. The Balaban J connectivity index is 1.65. The molecule has 3 heterocycles. The van der Waals surface area contributed by atoms with E-state index < -0.39 is 0 Å². The number of nitrogens with zero attached hydrogens (tertiary/aromatic N) is 2. The molecule has 2 aromatic rings. The van der Waals surface area contributed by atoms with E-state index in [1.807, 2.05) is 35.2 Å². The van der Waals surface area contributed by atoms with Crippen LogP contribution in [0.25, 0.3) is 0 Å². The quantitative estimate of drug-likeness (QED) is 0.809. The van der Waals surface area contributed by atoms with E-state index in [1.165, 1.54) is 0 Å². The van der Waals surface area contributed by atoms with Gasteiger partial charge in [-0.1, -0.05) is 18.2 Å². The van der Waals surface area contributed by atoms with Gasteiger partial charge in [-0.25, -0.2) is 0 Å². The summed E-state index contributed by atoms with van der Waals surface area (Å²) in [6, 6.07) is 9.41. The topological polar surface area (TPSA) is 53.8 Å². The molecule has 0 N–H and O–H groups in total. The summed E-state index contributed by atoms with van der Waals surface area (Å²) in [6.45, 7) is 1.74. The van der Waals surface area contributed by atoms with E-state index in [-0.39, 0.29) is 17.7 Å². The SMILES string of the molecule is CN1CC(C(=O)N2CCCc3occc3C2)c2ccccc2C1=O. The Morgan fingerprint density at radius 1 is 1.25 bits per heavy atom. The molecule has 0 bridgehead atoms. The largest absolute Gasteiger partial charge is 0.469 e. The monoisotopic (exact) mass is 324 g/mol. The van der Waals surface area contributed by atoms with Crippen molar-refractivity contribution in [3.8, 4) is 0 Å². The maximum Gasteiger partial charge on any atom is 0.253 e. The molecule has 124 valence electrons. The molecule has 5 nitrogen and oxygen atoms in total. The van der Waals surface area contributed by atoms with Crippen LogP contribution in [0.5, 0.6) is 0 Å². The Bertz CT molecular complexity index is 795. The van der Waals surface area contributed by atoms with Gasteiger partial charge in [-0.05, 0) is 24.1 Å². The maximum absolute atomic E-state index is 13.2. The van der Waals surface area contributed by atoms with Crippen LogP contribution >= 0.6 is 0 Å². The fourth-order valence-corrected chi connectivity index (χ4v) is 3.72. The number of fused-ring (bicyclic) bond motifs is 2. The van der Waals surface area contributed by atoms with Crippen molar-refractivity contribution in [3.63, 3.8) is 0 Å². The van der Waals surface area contributed by atoms with Crippen molar-refractivity contribution in [2.45, 2.75) is 25.3 Å². The van der Waals surface area contributed by atoms with Crippen LogP contribution in [0.3, 0.4) is 0 Å². The molecule has 0 saturated carbocycles. The normalized spacial score (nSPS) is 20.4. The minimum atomic E-state index is -0.294. The lowest BCUT2D eigenvalue weighted by molar-refractivity contribution is -0.133. The average molecular weight is 324 g/mol. The van der Waals surface area contributed by atoms with Gasteiger partial charge in [-0.3, -0.25) is 9.59 Å². The molecule has 0 spiro atoms. The van der Waals surface area contributed by atoms with Crippen LogP contribution in [-0.4, -0.2) is 41.8 Å². The highest BCUT2D eigenvalue weighted by molar-refractivity contribution is 6.00. The molecule has 2 aliphatic rings. The number of carbonyl (C=O) groups is 2. The summed E-state index contributed by atoms with van der Waals surface area (Å²) in [6.07, 6.45) is 3.46. The predicted molar refractivity (Wildman–Crippen MR) is 88.6 cm³/mol. The lowest BCUT2D eigenvalue weighted by Crippen LogP contribution is -2.44. The fourth-order valence-electron chi connectivity index (χ4n) is 3.72. The average Bonchev–Trinajstić information content (AvgIpc) is 2.94. The Morgan fingerprint density at radius 2 is 2.08 bits per heavy atom. The molecule has 1 unspecified atom stereocenters. The number of hydrogen-bond donors (Lipinski definition) is 0. The van der Waals surface area contributed by atoms with Crippen molar-refractivity contribution in [2.24, 2.45) is 0 Å². The highest BCUT2D eigenvalue weighted by Gasteiger charge is 2.36. The Kier molecular flexibility index (Phi) is 3.63. The second-order valence-electron chi connectivity index (χ2n) is 6.56. The molecular formula is C19H20N2O3. The number of hydrogen-bond acceptors (Lipinski definition) is 3. The molecule has 1 aromatic heterocycles. The number of aryl methyl sites for hydroxylation is 1. The Labute approximate surface area is 140 Å². The Morgan fingerprint density at radius 3 is 2.96 bits per heavy atom. The maximum atomic E-state index is 13.2. The zero-order chi connectivity index (χ0) is 16.7. The number of rotatable bonds is 1. The summed E-state index contributed by atoms with van der Waals surface area (Å²) in [5.41, 5.74) is 2.58. The summed E-state index contributed by atoms with van der Waals surface area (Å²) >= 11 is 0. The lowest BCUT2D eigenvalue weighted by Gasteiger charge is -2.34. The third kappa shape index (κ3) is 2.40. The predicted octanol–water partition coefficient (Wildman–Crippen LogP) is 2.42. The number of benzene rings is 1. The standard InChI is InChI=1S/C19H20N2O3/c1-20-12-16(14-5-2-3-6-15(14)18(20)22)19(23)21-9-4-7-17-13(11-21)8-10-24-17/h2-3,5-6,8,10,16H,4,7,9,11-12H2,1H3. The zero-order valence-electron chi connectivity index (χ0n) is 13.7. The third-order valence-electron chi connectivity index (χ3n) is 5.01. The van der Waals surface area contributed by atoms with Gasteiger partial charge in [-0.2, -0.15) is 0 Å². The molecule has 1 aromatic carbocycles. The molecule has 4 rings (SSSR count). The molecular weight excluding hydrogens is 304 g/mol. The first-order valence-electron chi connectivity index (χ1n) is 8.33. The number of furan rings is 1. The van der Waals surface area contributed by atoms with E-state index in [0.29, 0.717) is 18.7 Å². The molecule has 2 aliphatic heterocycles. The van der Waals surface area contributed by atoms with Crippen molar-refractivity contribution in [1.29, 1.82) is 0 Å². The lowest BCUT2D eigenvalue weighted by atomic mass is 9.88. The third-order valence-corrected chi connectivity index (χ3v) is 5.01. The summed E-state index contributed by atoms with van der Waals surface area (Å²) in [5.74, 6) is 0.775. The molecule has 5 heteroatoms. The van der Waals surface area contributed by atoms with Crippen LogP contribution in [0.15, 0.2) is 41.0 Å². The first-order valence-corrected chi connectivity index (χ1v) is 8.33. The molecule has 0 aliphatic carbocycles. The van der Waals surface area contributed by atoms with Gasteiger partial charge in [0.1, 0.15) is 5.76 Å². The van der Waals surface area contributed by atoms with Crippen molar-refractivity contribution < 1.29 is 14.0 Å². The summed E-state index contributed by atoms with van der Waals surface area (Å²) in [7, 11) is 1.76. The zero-order valence-corrected chi connectivity index (χ0v) is 13.7. The van der Waals surface area contributed by atoms with Crippen LogP contribution in [0.4, 0.5) is 0 Å². The van der Waals surface area contributed by atoms with Crippen molar-refractivity contribution >= 4 is 11.8 Å². The smallest absolute Gasteiger partial charge is 0.253 e. The van der Waals surface area contributed by atoms with E-state index >= 15 is 0 Å². The highest BCUT2D eigenvalue weighted by Crippen LogP contribution is 2.30. The van der Waals surface area contributed by atoms with Crippen LogP contribution in [0, 0.1) is 0 Å². The van der Waals surface area contributed by atoms with Crippen molar-refractivity contribution in [3.05, 3.63) is 59.0 Å². The van der Waals surface area contributed by atoms with Gasteiger partial charge in [0.15, 0.2) is 0 Å². The van der Waals surface area contributed by atoms with Gasteiger partial charge < -0.3 is 14.2 Å². The van der Waals surface area contributed by atoms with Crippen LogP contribution in [0.2, 0.25) is 0 Å².